The predicted octanol–water partition coefficient (Wildman–Crippen LogP) is 2.29. The van der Waals surface area contributed by atoms with E-state index < -0.39 is 0 Å². The Bertz CT molecular complexity index is 467. The lowest BCUT2D eigenvalue weighted by atomic mass is 9.82. The fraction of sp³-hybridized carbons (Fsp3) is 0.333. The first kappa shape index (κ1) is 12.6. The van der Waals surface area contributed by atoms with E-state index in [1.807, 2.05) is 25.1 Å². The van der Waals surface area contributed by atoms with Gasteiger partial charge >= 0.3 is 0 Å². The van der Waals surface area contributed by atoms with Crippen LogP contribution in [0.1, 0.15) is 23.7 Å². The standard InChI is InChI=1S/C15H17NO2/c1-3-10-16-13(12(4-2)15(16)18)14(17)11-8-6-5-7-9-11/h4-9,12-13H,2-3,10H2,1H3/t12-,13-/m1/s1. The summed E-state index contributed by atoms with van der Waals surface area (Å²) in [7, 11) is 0. The molecule has 1 amide bonds. The average Bonchev–Trinajstić information content (AvgIpc) is 2.42. The Labute approximate surface area is 107 Å². The van der Waals surface area contributed by atoms with Crippen LogP contribution in [0.3, 0.4) is 0 Å². The fourth-order valence-electron chi connectivity index (χ4n) is 2.37. The number of ketones is 1. The molecule has 0 radical (unpaired) electrons. The topological polar surface area (TPSA) is 37.4 Å². The van der Waals surface area contributed by atoms with E-state index in [0.29, 0.717) is 12.1 Å². The number of carbonyl (C=O) groups excluding carboxylic acids is 2. The van der Waals surface area contributed by atoms with E-state index in [4.69, 9.17) is 0 Å². The third-order valence-electron chi connectivity index (χ3n) is 3.29. The van der Waals surface area contributed by atoms with E-state index in [0.717, 1.165) is 6.42 Å². The Morgan fingerprint density at radius 2 is 2.06 bits per heavy atom. The van der Waals surface area contributed by atoms with Gasteiger partial charge < -0.3 is 4.90 Å². The molecule has 1 aromatic carbocycles. The quantitative estimate of drug-likeness (QED) is 0.452. The SMILES string of the molecule is C=C[C@H]1C(=O)N(CCC)[C@H]1C(=O)c1ccccc1. The molecule has 0 unspecified atom stereocenters. The maximum Gasteiger partial charge on any atom is 0.232 e. The van der Waals surface area contributed by atoms with Crippen molar-refractivity contribution in [1.29, 1.82) is 0 Å². The van der Waals surface area contributed by atoms with E-state index in [9.17, 15) is 9.59 Å². The second kappa shape index (κ2) is 5.17. The van der Waals surface area contributed by atoms with Crippen LogP contribution in [0.25, 0.3) is 0 Å². The summed E-state index contributed by atoms with van der Waals surface area (Å²) >= 11 is 0. The molecule has 1 aromatic rings. The zero-order valence-corrected chi connectivity index (χ0v) is 10.5. The Morgan fingerprint density at radius 1 is 1.39 bits per heavy atom. The van der Waals surface area contributed by atoms with Crippen LogP contribution in [0.2, 0.25) is 0 Å². The third-order valence-corrected chi connectivity index (χ3v) is 3.29. The number of carbonyl (C=O) groups is 2. The van der Waals surface area contributed by atoms with Gasteiger partial charge in [0.05, 0.1) is 5.92 Å². The van der Waals surface area contributed by atoms with E-state index >= 15 is 0 Å². The van der Waals surface area contributed by atoms with Crippen molar-refractivity contribution >= 4 is 11.7 Å². The molecule has 0 spiro atoms. The van der Waals surface area contributed by atoms with E-state index in [1.54, 1.807) is 23.1 Å². The lowest BCUT2D eigenvalue weighted by Crippen LogP contribution is -2.63. The second-order valence-electron chi connectivity index (χ2n) is 4.47. The van der Waals surface area contributed by atoms with Crippen LogP contribution >= 0.6 is 0 Å². The molecule has 94 valence electrons. The number of hydrogen-bond acceptors (Lipinski definition) is 2. The Balaban J connectivity index is 2.22. The number of hydrogen-bond donors (Lipinski definition) is 0. The maximum atomic E-state index is 12.4. The molecule has 0 bridgehead atoms. The molecular formula is C15H17NO2. The van der Waals surface area contributed by atoms with Crippen LogP contribution in [0, 0.1) is 5.92 Å². The highest BCUT2D eigenvalue weighted by atomic mass is 16.2. The summed E-state index contributed by atoms with van der Waals surface area (Å²) in [6.07, 6.45) is 2.44. The highest BCUT2D eigenvalue weighted by molar-refractivity contribution is 6.09. The predicted molar refractivity (Wildman–Crippen MR) is 70.3 cm³/mol. The zero-order chi connectivity index (χ0) is 13.1. The molecule has 3 nitrogen and oxygen atoms in total. The van der Waals surface area contributed by atoms with Crippen molar-refractivity contribution < 1.29 is 9.59 Å². The number of β-lactam (4-membered cyclic amide) rings is 1. The number of nitrogens with zero attached hydrogens (tertiary/aromatic N) is 1. The normalized spacial score (nSPS) is 22.5. The van der Waals surface area contributed by atoms with E-state index in [2.05, 4.69) is 6.58 Å². The lowest BCUT2D eigenvalue weighted by Gasteiger charge is -2.45. The Hall–Kier alpha value is -1.90. The minimum absolute atomic E-state index is 0.00792. The molecule has 3 heteroatoms. The van der Waals surface area contributed by atoms with Crippen LogP contribution in [0.15, 0.2) is 43.0 Å². The van der Waals surface area contributed by atoms with Gasteiger partial charge in [-0.2, -0.15) is 0 Å². The average molecular weight is 243 g/mol. The molecule has 0 N–H and O–H groups in total. The molecule has 0 saturated carbocycles. The van der Waals surface area contributed by atoms with Crippen molar-refractivity contribution in [2.24, 2.45) is 5.92 Å². The highest BCUT2D eigenvalue weighted by Gasteiger charge is 2.48. The molecule has 1 saturated heterocycles. The molecule has 1 aliphatic rings. The van der Waals surface area contributed by atoms with Crippen LogP contribution in [0.5, 0.6) is 0 Å². The second-order valence-corrected chi connectivity index (χ2v) is 4.47. The number of Topliss-reactive ketones (excluding diaryl/α,β-unsaturated/α-hetero) is 1. The summed E-state index contributed by atoms with van der Waals surface area (Å²) in [6, 6.07) is 8.75. The smallest absolute Gasteiger partial charge is 0.232 e. The number of amides is 1. The molecular weight excluding hydrogens is 226 g/mol. The summed E-state index contributed by atoms with van der Waals surface area (Å²) in [5, 5.41) is 0. The summed E-state index contributed by atoms with van der Waals surface area (Å²) in [4.78, 5) is 25.9. The van der Waals surface area contributed by atoms with Gasteiger partial charge in [-0.25, -0.2) is 0 Å². The van der Waals surface area contributed by atoms with E-state index in [1.165, 1.54) is 0 Å². The monoisotopic (exact) mass is 243 g/mol. The van der Waals surface area contributed by atoms with Gasteiger partial charge in [0.15, 0.2) is 5.78 Å². The first-order valence-electron chi connectivity index (χ1n) is 6.23. The van der Waals surface area contributed by atoms with Gasteiger partial charge in [-0.1, -0.05) is 43.3 Å². The summed E-state index contributed by atoms with van der Waals surface area (Å²) in [6.45, 7) is 6.28. The van der Waals surface area contributed by atoms with Crippen LogP contribution in [0.4, 0.5) is 0 Å². The van der Waals surface area contributed by atoms with Crippen LogP contribution < -0.4 is 0 Å². The largest absolute Gasteiger partial charge is 0.331 e. The van der Waals surface area contributed by atoms with Gasteiger partial charge in [-0.15, -0.1) is 6.58 Å². The van der Waals surface area contributed by atoms with Gasteiger partial charge in [0.1, 0.15) is 6.04 Å². The number of likely N-dealkylation sites (tertiary alicyclic amines) is 1. The van der Waals surface area contributed by atoms with Gasteiger partial charge in [0.2, 0.25) is 5.91 Å². The van der Waals surface area contributed by atoms with Crippen molar-refractivity contribution in [3.8, 4) is 0 Å². The molecule has 2 atom stereocenters. The van der Waals surface area contributed by atoms with Crippen molar-refractivity contribution in [3.05, 3.63) is 48.6 Å². The molecule has 1 heterocycles. The molecule has 1 fully saturated rings. The molecule has 18 heavy (non-hydrogen) atoms. The fourth-order valence-corrected chi connectivity index (χ4v) is 2.37. The number of benzene rings is 1. The van der Waals surface area contributed by atoms with Gasteiger partial charge in [0, 0.05) is 12.1 Å². The van der Waals surface area contributed by atoms with Gasteiger partial charge in [-0.05, 0) is 6.42 Å². The Kier molecular flexibility index (Phi) is 3.60. The van der Waals surface area contributed by atoms with Gasteiger partial charge in [-0.3, -0.25) is 9.59 Å². The summed E-state index contributed by atoms with van der Waals surface area (Å²) in [5.74, 6) is -0.334. The van der Waals surface area contributed by atoms with Gasteiger partial charge in [0.25, 0.3) is 0 Å². The Morgan fingerprint density at radius 3 is 2.61 bits per heavy atom. The lowest BCUT2D eigenvalue weighted by molar-refractivity contribution is -0.149. The molecule has 0 aromatic heterocycles. The first-order chi connectivity index (χ1) is 8.70. The summed E-state index contributed by atoms with van der Waals surface area (Å²) < 4.78 is 0. The molecule has 1 aliphatic heterocycles. The van der Waals surface area contributed by atoms with Crippen molar-refractivity contribution in [2.75, 3.05) is 6.54 Å². The van der Waals surface area contributed by atoms with Crippen molar-refractivity contribution in [3.63, 3.8) is 0 Å². The van der Waals surface area contributed by atoms with Crippen molar-refractivity contribution in [1.82, 2.24) is 4.90 Å². The third kappa shape index (κ3) is 1.96. The zero-order valence-electron chi connectivity index (χ0n) is 10.5. The molecule has 2 rings (SSSR count). The van der Waals surface area contributed by atoms with Crippen LogP contribution in [-0.4, -0.2) is 29.2 Å². The van der Waals surface area contributed by atoms with Crippen molar-refractivity contribution in [2.45, 2.75) is 19.4 Å². The van der Waals surface area contributed by atoms with E-state index in [-0.39, 0.29) is 23.7 Å². The minimum Gasteiger partial charge on any atom is -0.331 e. The first-order valence-corrected chi connectivity index (χ1v) is 6.23. The number of rotatable bonds is 5. The highest BCUT2D eigenvalue weighted by Crippen LogP contribution is 2.30. The summed E-state index contributed by atoms with van der Waals surface area (Å²) in [5.41, 5.74) is 0.656. The minimum atomic E-state index is -0.364. The van der Waals surface area contributed by atoms with Crippen LogP contribution in [-0.2, 0) is 4.79 Å². The molecule has 0 aliphatic carbocycles. The maximum absolute atomic E-state index is 12.4.